The summed E-state index contributed by atoms with van der Waals surface area (Å²) in [5, 5.41) is 34.6. The monoisotopic (exact) mass is 422 g/mol. The van der Waals surface area contributed by atoms with Gasteiger partial charge in [-0.05, 0) is 49.2 Å². The van der Waals surface area contributed by atoms with Crippen LogP contribution in [0.15, 0.2) is 30.6 Å². The van der Waals surface area contributed by atoms with Crippen LogP contribution in [0.1, 0.15) is 34.7 Å². The number of nitriles is 1. The van der Waals surface area contributed by atoms with Gasteiger partial charge in [-0.1, -0.05) is 0 Å². The first kappa shape index (κ1) is 19.9. The molecule has 1 fully saturated rings. The van der Waals surface area contributed by atoms with Crippen molar-refractivity contribution in [1.82, 2.24) is 14.9 Å². The molecule has 8 heteroatoms. The molecule has 0 spiro atoms. The van der Waals surface area contributed by atoms with Gasteiger partial charge in [0.05, 0.1) is 23.1 Å². The Bertz CT molecular complexity index is 1200. The van der Waals surface area contributed by atoms with Gasteiger partial charge in [0.1, 0.15) is 29.7 Å². The molecular weight excluding hydrogens is 399 g/mol. The number of ether oxygens (including phenoxy) is 1. The van der Waals surface area contributed by atoms with Crippen molar-refractivity contribution in [3.8, 4) is 11.8 Å². The third kappa shape index (κ3) is 3.26. The predicted molar refractivity (Wildman–Crippen MR) is 111 cm³/mol. The average molecular weight is 422 g/mol. The van der Waals surface area contributed by atoms with Gasteiger partial charge in [-0.25, -0.2) is 9.37 Å². The molecular formula is C23H23FN4O3. The fourth-order valence-corrected chi connectivity index (χ4v) is 4.79. The number of aliphatic hydroxyl groups is 2. The summed E-state index contributed by atoms with van der Waals surface area (Å²) in [6.45, 7) is 3.25. The van der Waals surface area contributed by atoms with Crippen molar-refractivity contribution in [3.05, 3.63) is 58.7 Å². The molecule has 2 aliphatic rings. The first-order valence-corrected chi connectivity index (χ1v) is 10.4. The van der Waals surface area contributed by atoms with Crippen molar-refractivity contribution in [2.75, 3.05) is 6.54 Å². The van der Waals surface area contributed by atoms with Crippen LogP contribution in [-0.4, -0.2) is 44.6 Å². The Morgan fingerprint density at radius 2 is 2.16 bits per heavy atom. The van der Waals surface area contributed by atoms with Gasteiger partial charge >= 0.3 is 0 Å². The van der Waals surface area contributed by atoms with E-state index in [1.54, 1.807) is 22.9 Å². The van der Waals surface area contributed by atoms with Crippen molar-refractivity contribution in [2.45, 2.75) is 50.7 Å². The lowest BCUT2D eigenvalue weighted by Gasteiger charge is -2.24. The Kier molecular flexibility index (Phi) is 4.89. The Balaban J connectivity index is 1.48. The number of fused-ring (bicyclic) bond motifs is 2. The van der Waals surface area contributed by atoms with Crippen molar-refractivity contribution in [2.24, 2.45) is 0 Å². The van der Waals surface area contributed by atoms with E-state index >= 15 is 0 Å². The highest BCUT2D eigenvalue weighted by atomic mass is 19.1. The smallest absolute Gasteiger partial charge is 0.150 e. The van der Waals surface area contributed by atoms with Crippen LogP contribution in [0.25, 0.3) is 11.0 Å². The third-order valence-corrected chi connectivity index (χ3v) is 6.41. The van der Waals surface area contributed by atoms with E-state index in [2.05, 4.69) is 16.4 Å². The van der Waals surface area contributed by atoms with Crippen molar-refractivity contribution < 1.29 is 19.3 Å². The Hall–Kier alpha value is -2.99. The van der Waals surface area contributed by atoms with Crippen LogP contribution in [0.3, 0.4) is 0 Å². The number of nitrogens with one attached hydrogen (secondary N) is 1. The van der Waals surface area contributed by atoms with E-state index in [-0.39, 0.29) is 6.42 Å². The normalized spacial score (nSPS) is 25.4. The molecule has 31 heavy (non-hydrogen) atoms. The fraction of sp³-hybridized carbons (Fsp3) is 0.391. The molecule has 0 radical (unpaired) electrons. The summed E-state index contributed by atoms with van der Waals surface area (Å²) in [5.41, 5.74) is 3.70. The number of aliphatic hydroxyl groups excluding tert-OH is 2. The summed E-state index contributed by atoms with van der Waals surface area (Å²) in [7, 11) is 0. The highest BCUT2D eigenvalue weighted by Crippen LogP contribution is 2.38. The minimum Gasteiger partial charge on any atom is -0.487 e. The SMILES string of the molecule is Cc1ccnc2c1c(F)cn2C1CC(Oc2cc(C#N)cc3c2CNCC3)[C@@H](O)[C@H]1O. The van der Waals surface area contributed by atoms with Crippen LogP contribution < -0.4 is 10.1 Å². The molecule has 0 bridgehead atoms. The molecule has 3 N–H and O–H groups in total. The highest BCUT2D eigenvalue weighted by Gasteiger charge is 2.45. The standard InChI is InChI=1S/C23H23FN4O3/c1-12-2-5-27-23-20(12)16(24)11-28(23)17-8-19(22(30)21(17)29)31-18-7-13(9-25)6-14-3-4-26-10-15(14)18/h2,5-7,11,17,19,21-22,26,29-30H,3-4,8,10H2,1H3/t17?,19?,21-,22+/m0/s1. The zero-order valence-electron chi connectivity index (χ0n) is 17.0. The van der Waals surface area contributed by atoms with Gasteiger partial charge < -0.3 is 24.8 Å². The molecule has 0 saturated heterocycles. The summed E-state index contributed by atoms with van der Waals surface area (Å²) in [5.74, 6) is 0.129. The van der Waals surface area contributed by atoms with E-state index in [1.165, 1.54) is 6.20 Å². The van der Waals surface area contributed by atoms with Gasteiger partial charge in [0.25, 0.3) is 0 Å². The summed E-state index contributed by atoms with van der Waals surface area (Å²) in [6, 6.07) is 6.85. The molecule has 5 rings (SSSR count). The molecule has 1 aliphatic heterocycles. The Morgan fingerprint density at radius 3 is 2.97 bits per heavy atom. The molecule has 1 aromatic carbocycles. The highest BCUT2D eigenvalue weighted by molar-refractivity contribution is 5.80. The number of halogens is 1. The first-order chi connectivity index (χ1) is 15.0. The topological polar surface area (TPSA) is 103 Å². The molecule has 2 unspecified atom stereocenters. The maximum absolute atomic E-state index is 14.6. The van der Waals surface area contributed by atoms with Crippen LogP contribution in [0, 0.1) is 24.1 Å². The lowest BCUT2D eigenvalue weighted by Crippen LogP contribution is -2.35. The van der Waals surface area contributed by atoms with Crippen LogP contribution in [0.4, 0.5) is 4.39 Å². The van der Waals surface area contributed by atoms with Gasteiger partial charge in [0.2, 0.25) is 0 Å². The second kappa shape index (κ2) is 7.61. The largest absolute Gasteiger partial charge is 0.487 e. The lowest BCUT2D eigenvalue weighted by molar-refractivity contribution is -0.0166. The summed E-state index contributed by atoms with van der Waals surface area (Å²) in [6.07, 6.45) is 0.996. The van der Waals surface area contributed by atoms with Gasteiger partial charge in [-0.3, -0.25) is 0 Å². The Morgan fingerprint density at radius 1 is 1.32 bits per heavy atom. The minimum absolute atomic E-state index is 0.278. The zero-order chi connectivity index (χ0) is 21.7. The summed E-state index contributed by atoms with van der Waals surface area (Å²) < 4.78 is 22.3. The number of nitrogens with zero attached hydrogens (tertiary/aromatic N) is 3. The number of rotatable bonds is 3. The van der Waals surface area contributed by atoms with Gasteiger partial charge in [0, 0.05) is 30.9 Å². The van der Waals surface area contributed by atoms with Crippen LogP contribution in [0.2, 0.25) is 0 Å². The maximum Gasteiger partial charge on any atom is 0.150 e. The van der Waals surface area contributed by atoms with Gasteiger partial charge in [-0.2, -0.15) is 5.26 Å². The van der Waals surface area contributed by atoms with Crippen LogP contribution in [-0.2, 0) is 13.0 Å². The lowest BCUT2D eigenvalue weighted by atomic mass is 9.97. The predicted octanol–water partition coefficient (Wildman–Crippen LogP) is 2.12. The van der Waals surface area contributed by atoms with Crippen molar-refractivity contribution >= 4 is 11.0 Å². The number of aryl methyl sites for hydroxylation is 1. The molecule has 7 nitrogen and oxygen atoms in total. The van der Waals surface area contributed by atoms with E-state index in [9.17, 15) is 19.9 Å². The summed E-state index contributed by atoms with van der Waals surface area (Å²) >= 11 is 0. The number of hydrogen-bond donors (Lipinski definition) is 3. The number of aromatic nitrogens is 2. The fourth-order valence-electron chi connectivity index (χ4n) is 4.79. The van der Waals surface area contributed by atoms with E-state index in [1.807, 2.05) is 13.0 Å². The average Bonchev–Trinajstić information content (AvgIpc) is 3.25. The minimum atomic E-state index is -1.16. The number of benzene rings is 1. The molecule has 1 aliphatic carbocycles. The first-order valence-electron chi connectivity index (χ1n) is 10.4. The number of pyridine rings is 1. The van der Waals surface area contributed by atoms with Crippen LogP contribution >= 0.6 is 0 Å². The second-order valence-corrected chi connectivity index (χ2v) is 8.30. The molecule has 1 saturated carbocycles. The molecule has 3 aromatic rings. The number of hydrogen-bond acceptors (Lipinski definition) is 6. The van der Waals surface area contributed by atoms with E-state index in [4.69, 9.17) is 4.74 Å². The van der Waals surface area contributed by atoms with Crippen molar-refractivity contribution in [1.29, 1.82) is 5.26 Å². The molecule has 160 valence electrons. The Labute approximate surface area is 178 Å². The summed E-state index contributed by atoms with van der Waals surface area (Å²) in [4.78, 5) is 4.30. The van der Waals surface area contributed by atoms with E-state index in [0.29, 0.717) is 28.9 Å². The zero-order valence-corrected chi connectivity index (χ0v) is 17.0. The third-order valence-electron chi connectivity index (χ3n) is 6.41. The molecule has 2 aromatic heterocycles. The second-order valence-electron chi connectivity index (χ2n) is 8.30. The van der Waals surface area contributed by atoms with E-state index in [0.717, 1.165) is 29.7 Å². The quantitative estimate of drug-likeness (QED) is 0.598. The van der Waals surface area contributed by atoms with Gasteiger partial charge in [0.15, 0.2) is 5.82 Å². The van der Waals surface area contributed by atoms with E-state index < -0.39 is 30.2 Å². The maximum atomic E-state index is 14.6. The molecule has 0 amide bonds. The molecule has 3 heterocycles. The molecule has 4 atom stereocenters. The van der Waals surface area contributed by atoms with Crippen molar-refractivity contribution in [3.63, 3.8) is 0 Å². The van der Waals surface area contributed by atoms with Gasteiger partial charge in [-0.15, -0.1) is 0 Å². The van der Waals surface area contributed by atoms with Crippen LogP contribution in [0.5, 0.6) is 5.75 Å².